The number of rotatable bonds is 3. The third-order valence-electron chi connectivity index (χ3n) is 4.84. The molecule has 5 heteroatoms. The molecule has 1 saturated heterocycles. The summed E-state index contributed by atoms with van der Waals surface area (Å²) >= 11 is 3.69. The molecule has 0 spiro atoms. The molecule has 2 aliphatic rings. The average molecular weight is 334 g/mol. The SMILES string of the molecule is O=C(C[NH+]1CCc2sccc2[C@@H]1c1cccs1)N1CCCC1. The summed E-state index contributed by atoms with van der Waals surface area (Å²) in [5.41, 5.74) is 1.45. The monoisotopic (exact) mass is 333 g/mol. The number of amides is 1. The fourth-order valence-corrected chi connectivity index (χ4v) is 5.54. The molecule has 2 aromatic heterocycles. The molecular weight excluding hydrogens is 312 g/mol. The lowest BCUT2D eigenvalue weighted by atomic mass is 9.98. The zero-order chi connectivity index (χ0) is 14.9. The predicted molar refractivity (Wildman–Crippen MR) is 90.7 cm³/mol. The second-order valence-electron chi connectivity index (χ2n) is 6.17. The topological polar surface area (TPSA) is 24.8 Å². The van der Waals surface area contributed by atoms with Crippen LogP contribution >= 0.6 is 22.7 Å². The summed E-state index contributed by atoms with van der Waals surface area (Å²) in [6.45, 7) is 3.62. The molecule has 4 heterocycles. The van der Waals surface area contributed by atoms with Gasteiger partial charge in [0.25, 0.3) is 5.91 Å². The largest absolute Gasteiger partial charge is 0.338 e. The molecule has 1 fully saturated rings. The van der Waals surface area contributed by atoms with Crippen molar-refractivity contribution in [3.05, 3.63) is 44.3 Å². The molecule has 2 atom stereocenters. The Bertz CT molecular complexity index is 643. The van der Waals surface area contributed by atoms with Crippen LogP contribution in [0.15, 0.2) is 29.0 Å². The molecule has 116 valence electrons. The lowest BCUT2D eigenvalue weighted by Crippen LogP contribution is -3.14. The Morgan fingerprint density at radius 2 is 2.09 bits per heavy atom. The number of hydrogen-bond acceptors (Lipinski definition) is 3. The van der Waals surface area contributed by atoms with E-state index in [1.807, 2.05) is 22.7 Å². The van der Waals surface area contributed by atoms with Crippen molar-refractivity contribution in [3.63, 3.8) is 0 Å². The molecule has 1 amide bonds. The second kappa shape index (κ2) is 6.14. The van der Waals surface area contributed by atoms with Crippen LogP contribution in [0.1, 0.15) is 34.2 Å². The van der Waals surface area contributed by atoms with Crippen molar-refractivity contribution >= 4 is 28.6 Å². The van der Waals surface area contributed by atoms with E-state index >= 15 is 0 Å². The zero-order valence-electron chi connectivity index (χ0n) is 12.6. The molecule has 1 unspecified atom stereocenters. The van der Waals surface area contributed by atoms with Gasteiger partial charge in [0.15, 0.2) is 6.54 Å². The van der Waals surface area contributed by atoms with E-state index in [2.05, 4.69) is 33.9 Å². The molecule has 0 radical (unpaired) electrons. The van der Waals surface area contributed by atoms with Gasteiger partial charge in [-0.15, -0.1) is 22.7 Å². The van der Waals surface area contributed by atoms with Crippen molar-refractivity contribution in [1.29, 1.82) is 0 Å². The van der Waals surface area contributed by atoms with Crippen LogP contribution in [0.3, 0.4) is 0 Å². The van der Waals surface area contributed by atoms with Crippen molar-refractivity contribution in [3.8, 4) is 0 Å². The average Bonchev–Trinajstić information content (AvgIpc) is 3.28. The van der Waals surface area contributed by atoms with Gasteiger partial charge in [0.2, 0.25) is 0 Å². The van der Waals surface area contributed by atoms with Crippen LogP contribution in [0.5, 0.6) is 0 Å². The maximum atomic E-state index is 12.6. The van der Waals surface area contributed by atoms with Crippen molar-refractivity contribution in [2.45, 2.75) is 25.3 Å². The molecule has 22 heavy (non-hydrogen) atoms. The van der Waals surface area contributed by atoms with Crippen molar-refractivity contribution < 1.29 is 9.69 Å². The van der Waals surface area contributed by atoms with Crippen LogP contribution in [-0.4, -0.2) is 37.0 Å². The number of carbonyl (C=O) groups is 1. The third kappa shape index (κ3) is 2.62. The molecule has 0 aromatic carbocycles. The molecule has 4 rings (SSSR count). The minimum Gasteiger partial charge on any atom is -0.338 e. The number of nitrogens with zero attached hydrogens (tertiary/aromatic N) is 1. The first kappa shape index (κ1) is 14.4. The van der Waals surface area contributed by atoms with Gasteiger partial charge >= 0.3 is 0 Å². The number of nitrogens with one attached hydrogen (secondary N) is 1. The van der Waals surface area contributed by atoms with Crippen LogP contribution in [0.2, 0.25) is 0 Å². The van der Waals surface area contributed by atoms with Crippen molar-refractivity contribution in [1.82, 2.24) is 4.90 Å². The number of quaternary nitrogens is 1. The molecule has 2 aliphatic heterocycles. The maximum absolute atomic E-state index is 12.6. The van der Waals surface area contributed by atoms with E-state index < -0.39 is 0 Å². The van der Waals surface area contributed by atoms with E-state index in [-0.39, 0.29) is 0 Å². The highest BCUT2D eigenvalue weighted by Gasteiger charge is 2.36. The highest BCUT2D eigenvalue weighted by molar-refractivity contribution is 7.10. The van der Waals surface area contributed by atoms with Gasteiger partial charge in [0.1, 0.15) is 6.04 Å². The Kier molecular flexibility index (Phi) is 4.03. The van der Waals surface area contributed by atoms with E-state index in [1.165, 1.54) is 33.1 Å². The van der Waals surface area contributed by atoms with Crippen molar-refractivity contribution in [2.24, 2.45) is 0 Å². The van der Waals surface area contributed by atoms with Gasteiger partial charge in [0.05, 0.1) is 11.4 Å². The molecule has 2 aromatic rings. The summed E-state index contributed by atoms with van der Waals surface area (Å²) in [5, 5.41) is 4.35. The van der Waals surface area contributed by atoms with Gasteiger partial charge in [0, 0.05) is 30.0 Å². The lowest BCUT2D eigenvalue weighted by Gasteiger charge is -2.32. The summed E-state index contributed by atoms with van der Waals surface area (Å²) in [4.78, 5) is 19.0. The first-order chi connectivity index (χ1) is 10.8. The summed E-state index contributed by atoms with van der Waals surface area (Å²) in [6.07, 6.45) is 3.45. The number of carbonyl (C=O) groups excluding carboxylic acids is 1. The normalized spacial score (nSPS) is 24.5. The Balaban J connectivity index is 1.59. The first-order valence-corrected chi connectivity index (χ1v) is 9.81. The smallest absolute Gasteiger partial charge is 0.277 e. The number of likely N-dealkylation sites (tertiary alicyclic amines) is 1. The predicted octanol–water partition coefficient (Wildman–Crippen LogP) is 1.96. The molecule has 0 saturated carbocycles. The highest BCUT2D eigenvalue weighted by Crippen LogP contribution is 2.31. The van der Waals surface area contributed by atoms with Gasteiger partial charge in [-0.3, -0.25) is 4.79 Å². The van der Waals surface area contributed by atoms with Crippen LogP contribution in [-0.2, 0) is 11.2 Å². The standard InChI is InChI=1S/C17H20N2OS2/c20-16(18-7-1-2-8-18)12-19-9-5-14-13(6-11-22-14)17(19)15-4-3-10-21-15/h3-4,6,10-11,17H,1-2,5,7-9,12H2/p+1/t17-/m1/s1. The van der Waals surface area contributed by atoms with Gasteiger partial charge in [-0.05, 0) is 35.7 Å². The van der Waals surface area contributed by atoms with Crippen LogP contribution in [0, 0.1) is 0 Å². The summed E-state index contributed by atoms with van der Waals surface area (Å²) in [6, 6.07) is 6.97. The Morgan fingerprint density at radius 3 is 2.86 bits per heavy atom. The first-order valence-electron chi connectivity index (χ1n) is 8.05. The quantitative estimate of drug-likeness (QED) is 0.912. The second-order valence-corrected chi connectivity index (χ2v) is 8.15. The zero-order valence-corrected chi connectivity index (χ0v) is 14.2. The summed E-state index contributed by atoms with van der Waals surface area (Å²) < 4.78 is 0. The van der Waals surface area contributed by atoms with Gasteiger partial charge in [-0.1, -0.05) is 6.07 Å². The van der Waals surface area contributed by atoms with Crippen LogP contribution < -0.4 is 4.90 Å². The van der Waals surface area contributed by atoms with Crippen molar-refractivity contribution in [2.75, 3.05) is 26.2 Å². The number of thiophene rings is 2. The molecule has 1 N–H and O–H groups in total. The summed E-state index contributed by atoms with van der Waals surface area (Å²) in [5.74, 6) is 0.340. The Labute approximate surface area is 139 Å². The molecule has 0 aliphatic carbocycles. The summed E-state index contributed by atoms with van der Waals surface area (Å²) in [7, 11) is 0. The number of hydrogen-bond donors (Lipinski definition) is 1. The Morgan fingerprint density at radius 1 is 1.23 bits per heavy atom. The number of fused-ring (bicyclic) bond motifs is 1. The van der Waals surface area contributed by atoms with Crippen LogP contribution in [0.25, 0.3) is 0 Å². The molecular formula is C17H21N2OS2+. The fourth-order valence-electron chi connectivity index (χ4n) is 3.72. The van der Waals surface area contributed by atoms with Gasteiger partial charge < -0.3 is 9.80 Å². The van der Waals surface area contributed by atoms with E-state index in [0.29, 0.717) is 18.5 Å². The maximum Gasteiger partial charge on any atom is 0.277 e. The van der Waals surface area contributed by atoms with Gasteiger partial charge in [-0.2, -0.15) is 0 Å². The van der Waals surface area contributed by atoms with E-state index in [0.717, 1.165) is 26.1 Å². The fraction of sp³-hybridized carbons (Fsp3) is 0.471. The van der Waals surface area contributed by atoms with Gasteiger partial charge in [-0.25, -0.2) is 0 Å². The van der Waals surface area contributed by atoms with E-state index in [4.69, 9.17) is 0 Å². The molecule has 0 bridgehead atoms. The highest BCUT2D eigenvalue weighted by atomic mass is 32.1. The third-order valence-corrected chi connectivity index (χ3v) is 6.77. The minimum atomic E-state index is 0.340. The lowest BCUT2D eigenvalue weighted by molar-refractivity contribution is -0.919. The Hall–Kier alpha value is -1.17. The van der Waals surface area contributed by atoms with E-state index in [9.17, 15) is 4.79 Å². The van der Waals surface area contributed by atoms with Crippen LogP contribution in [0.4, 0.5) is 0 Å². The molecule has 3 nitrogen and oxygen atoms in total. The van der Waals surface area contributed by atoms with E-state index in [1.54, 1.807) is 0 Å². The minimum absolute atomic E-state index is 0.340.